The number of nitrogens with zero attached hydrogens (tertiary/aromatic N) is 3. The minimum Gasteiger partial charge on any atom is -0.337 e. The van der Waals surface area contributed by atoms with Gasteiger partial charge in [-0.1, -0.05) is 0 Å². The van der Waals surface area contributed by atoms with Crippen LogP contribution in [0.4, 0.5) is 0 Å². The first-order valence-corrected chi connectivity index (χ1v) is 7.66. The van der Waals surface area contributed by atoms with Crippen LogP contribution in [0, 0.1) is 12.8 Å². The lowest BCUT2D eigenvalue weighted by Gasteiger charge is -2.15. The second-order valence-electron chi connectivity index (χ2n) is 5.17. The Morgan fingerprint density at radius 1 is 1.44 bits per heavy atom. The molecule has 18 heavy (non-hydrogen) atoms. The molecule has 2 aliphatic rings. The Labute approximate surface area is 107 Å². The zero-order valence-electron chi connectivity index (χ0n) is 10.6. The fraction of sp³-hybridized carbons (Fsp3) is 0.727. The summed E-state index contributed by atoms with van der Waals surface area (Å²) in [7, 11) is -1.61. The second kappa shape index (κ2) is 4.04. The summed E-state index contributed by atoms with van der Waals surface area (Å²) in [4.78, 5) is 4.13. The highest BCUT2D eigenvalue weighted by Gasteiger charge is 2.42. The number of sulfonamides is 1. The van der Waals surface area contributed by atoms with Gasteiger partial charge >= 0.3 is 0 Å². The standard InChI is InChI=1S/C11H18N4O2S/c1-8-13-11(7-14(8)2)18(16,17)15-5-9-3-4-12-10(9)6-15/h7,9-10,12H,3-6H2,1-2H3/t9-,10+/m0/s1. The Kier molecular flexibility index (Phi) is 2.72. The molecule has 2 aliphatic heterocycles. The van der Waals surface area contributed by atoms with E-state index in [1.165, 1.54) is 0 Å². The molecule has 0 saturated carbocycles. The van der Waals surface area contributed by atoms with E-state index >= 15 is 0 Å². The first kappa shape index (κ1) is 12.1. The molecule has 0 spiro atoms. The van der Waals surface area contributed by atoms with Crippen molar-refractivity contribution in [1.29, 1.82) is 0 Å². The maximum Gasteiger partial charge on any atom is 0.262 e. The van der Waals surface area contributed by atoms with Crippen LogP contribution in [0.15, 0.2) is 11.2 Å². The summed E-state index contributed by atoms with van der Waals surface area (Å²) in [5, 5.41) is 3.53. The lowest BCUT2D eigenvalue weighted by Crippen LogP contribution is -2.34. The van der Waals surface area contributed by atoms with Gasteiger partial charge in [-0.2, -0.15) is 4.31 Å². The van der Waals surface area contributed by atoms with E-state index in [4.69, 9.17) is 0 Å². The van der Waals surface area contributed by atoms with E-state index in [1.807, 2.05) is 7.05 Å². The van der Waals surface area contributed by atoms with Gasteiger partial charge in [0.2, 0.25) is 0 Å². The SMILES string of the molecule is Cc1nc(S(=O)(=O)N2C[C@@H]3CCN[C@@H]3C2)cn1C. The molecule has 3 rings (SSSR count). The monoisotopic (exact) mass is 270 g/mol. The zero-order chi connectivity index (χ0) is 12.9. The van der Waals surface area contributed by atoms with Gasteiger partial charge in [-0.05, 0) is 25.8 Å². The molecule has 2 atom stereocenters. The number of rotatable bonds is 2. The van der Waals surface area contributed by atoms with Gasteiger partial charge in [0, 0.05) is 32.4 Å². The van der Waals surface area contributed by atoms with Crippen LogP contribution in [0.25, 0.3) is 0 Å². The van der Waals surface area contributed by atoms with Crippen LogP contribution in [0.2, 0.25) is 0 Å². The van der Waals surface area contributed by atoms with E-state index in [0.717, 1.165) is 13.0 Å². The molecule has 1 aromatic rings. The van der Waals surface area contributed by atoms with Crippen molar-refractivity contribution in [1.82, 2.24) is 19.2 Å². The topological polar surface area (TPSA) is 67.2 Å². The first-order chi connectivity index (χ1) is 8.48. The predicted molar refractivity (Wildman–Crippen MR) is 66.6 cm³/mol. The van der Waals surface area contributed by atoms with Gasteiger partial charge in [-0.25, -0.2) is 13.4 Å². The van der Waals surface area contributed by atoms with Crippen molar-refractivity contribution in [2.45, 2.75) is 24.4 Å². The molecule has 0 amide bonds. The summed E-state index contributed by atoms with van der Waals surface area (Å²) in [5.41, 5.74) is 0. The van der Waals surface area contributed by atoms with Crippen LogP contribution in [0.5, 0.6) is 0 Å². The lowest BCUT2D eigenvalue weighted by molar-refractivity contribution is 0.446. The maximum absolute atomic E-state index is 12.5. The molecule has 6 nitrogen and oxygen atoms in total. The van der Waals surface area contributed by atoms with Crippen molar-refractivity contribution in [3.05, 3.63) is 12.0 Å². The Balaban J connectivity index is 1.87. The van der Waals surface area contributed by atoms with Gasteiger partial charge in [0.05, 0.1) is 0 Å². The largest absolute Gasteiger partial charge is 0.337 e. The molecule has 1 N–H and O–H groups in total. The van der Waals surface area contributed by atoms with Gasteiger partial charge in [-0.15, -0.1) is 0 Å². The van der Waals surface area contributed by atoms with E-state index in [9.17, 15) is 8.42 Å². The van der Waals surface area contributed by atoms with Crippen LogP contribution >= 0.6 is 0 Å². The Morgan fingerprint density at radius 2 is 2.22 bits per heavy atom. The summed E-state index contributed by atoms with van der Waals surface area (Å²) in [6, 6.07) is 0.324. The van der Waals surface area contributed by atoms with E-state index in [2.05, 4.69) is 10.3 Å². The quantitative estimate of drug-likeness (QED) is 0.802. The van der Waals surface area contributed by atoms with Crippen molar-refractivity contribution in [3.8, 4) is 0 Å². The molecular weight excluding hydrogens is 252 g/mol. The second-order valence-corrected chi connectivity index (χ2v) is 7.05. The Hall–Kier alpha value is -0.920. The molecule has 0 aromatic carbocycles. The number of aromatic nitrogens is 2. The van der Waals surface area contributed by atoms with Crippen molar-refractivity contribution in [2.75, 3.05) is 19.6 Å². The maximum atomic E-state index is 12.5. The number of aryl methyl sites for hydroxylation is 2. The van der Waals surface area contributed by atoms with Gasteiger partial charge in [0.25, 0.3) is 10.0 Å². The van der Waals surface area contributed by atoms with Crippen molar-refractivity contribution in [3.63, 3.8) is 0 Å². The molecule has 3 heterocycles. The highest BCUT2D eigenvalue weighted by atomic mass is 32.2. The number of imidazole rings is 1. The highest BCUT2D eigenvalue weighted by molar-refractivity contribution is 7.89. The third-order valence-electron chi connectivity index (χ3n) is 4.02. The molecular formula is C11H18N4O2S. The van der Waals surface area contributed by atoms with Crippen LogP contribution in [-0.2, 0) is 17.1 Å². The molecule has 0 unspecified atom stereocenters. The number of nitrogens with one attached hydrogen (secondary N) is 1. The highest BCUT2D eigenvalue weighted by Crippen LogP contribution is 2.28. The first-order valence-electron chi connectivity index (χ1n) is 6.22. The van der Waals surface area contributed by atoms with Crippen molar-refractivity contribution < 1.29 is 8.42 Å². The van der Waals surface area contributed by atoms with Crippen molar-refractivity contribution in [2.24, 2.45) is 13.0 Å². The van der Waals surface area contributed by atoms with Gasteiger partial charge in [-0.3, -0.25) is 0 Å². The van der Waals surface area contributed by atoms with E-state index in [-0.39, 0.29) is 5.03 Å². The number of hydrogen-bond acceptors (Lipinski definition) is 4. The Bertz CT molecular complexity index is 534. The summed E-state index contributed by atoms with van der Waals surface area (Å²) in [6.07, 6.45) is 2.66. The molecule has 7 heteroatoms. The Morgan fingerprint density at radius 3 is 2.83 bits per heavy atom. The van der Waals surface area contributed by atoms with E-state index in [0.29, 0.717) is 30.9 Å². The summed E-state index contributed by atoms with van der Waals surface area (Å²) >= 11 is 0. The molecule has 2 fully saturated rings. The molecule has 0 bridgehead atoms. The molecule has 100 valence electrons. The third kappa shape index (κ3) is 1.77. The number of hydrogen-bond donors (Lipinski definition) is 1. The lowest BCUT2D eigenvalue weighted by atomic mass is 10.1. The smallest absolute Gasteiger partial charge is 0.262 e. The average molecular weight is 270 g/mol. The molecule has 0 aliphatic carbocycles. The average Bonchev–Trinajstić information content (AvgIpc) is 2.93. The summed E-state index contributed by atoms with van der Waals surface area (Å²) in [6.45, 7) is 4.00. The normalized spacial score (nSPS) is 28.8. The van der Waals surface area contributed by atoms with Crippen LogP contribution < -0.4 is 5.32 Å². The van der Waals surface area contributed by atoms with E-state index < -0.39 is 10.0 Å². The summed E-state index contributed by atoms with van der Waals surface area (Å²) < 4.78 is 28.2. The van der Waals surface area contributed by atoms with Crippen LogP contribution in [0.1, 0.15) is 12.2 Å². The molecule has 2 saturated heterocycles. The van der Waals surface area contributed by atoms with Crippen LogP contribution in [-0.4, -0.2) is 48.0 Å². The van der Waals surface area contributed by atoms with Gasteiger partial charge in [0.1, 0.15) is 5.82 Å². The van der Waals surface area contributed by atoms with Crippen molar-refractivity contribution >= 4 is 10.0 Å². The molecule has 0 radical (unpaired) electrons. The third-order valence-corrected chi connectivity index (χ3v) is 5.72. The van der Waals surface area contributed by atoms with Gasteiger partial charge < -0.3 is 9.88 Å². The van der Waals surface area contributed by atoms with Gasteiger partial charge in [0.15, 0.2) is 5.03 Å². The molecule has 1 aromatic heterocycles. The number of fused-ring (bicyclic) bond motifs is 1. The summed E-state index contributed by atoms with van der Waals surface area (Å²) in [5.74, 6) is 1.18. The fourth-order valence-corrected chi connectivity index (χ4v) is 4.34. The minimum atomic E-state index is -3.42. The minimum absolute atomic E-state index is 0.169. The zero-order valence-corrected chi connectivity index (χ0v) is 11.4. The predicted octanol–water partition coefficient (Wildman–Crippen LogP) is -0.289. The van der Waals surface area contributed by atoms with Crippen LogP contribution in [0.3, 0.4) is 0 Å². The fourth-order valence-electron chi connectivity index (χ4n) is 2.79. The van der Waals surface area contributed by atoms with E-state index in [1.54, 1.807) is 22.0 Å².